The van der Waals surface area contributed by atoms with E-state index in [0.717, 1.165) is 5.69 Å². The number of hydrogen-bond acceptors (Lipinski definition) is 3. The van der Waals surface area contributed by atoms with E-state index in [-0.39, 0.29) is 11.7 Å². The maximum Gasteiger partial charge on any atom is 0.223 e. The summed E-state index contributed by atoms with van der Waals surface area (Å²) in [5.41, 5.74) is 1.59. The van der Waals surface area contributed by atoms with Gasteiger partial charge in [0.25, 0.3) is 0 Å². The van der Waals surface area contributed by atoms with Gasteiger partial charge in [-0.25, -0.2) is 9.37 Å². The van der Waals surface area contributed by atoms with Gasteiger partial charge in [0.05, 0.1) is 12.0 Å². The Morgan fingerprint density at radius 1 is 1.23 bits per heavy atom. The number of anilines is 1. The monoisotopic (exact) mass is 302 g/mol. The van der Waals surface area contributed by atoms with E-state index in [1.807, 2.05) is 15.9 Å². The molecule has 0 saturated carbocycles. The van der Waals surface area contributed by atoms with Gasteiger partial charge in [-0.3, -0.25) is 4.79 Å². The molecule has 116 valence electrons. The van der Waals surface area contributed by atoms with Crippen LogP contribution in [0, 0.1) is 5.82 Å². The Morgan fingerprint density at radius 2 is 2.00 bits per heavy atom. The molecule has 6 heteroatoms. The van der Waals surface area contributed by atoms with Crippen molar-refractivity contribution >= 4 is 11.6 Å². The SMILES string of the molecule is O=C(CCc1cnc[nH]1)N1CCN(c2ccccc2F)CC1. The number of para-hydroxylation sites is 1. The topological polar surface area (TPSA) is 52.2 Å². The molecule has 0 spiro atoms. The predicted molar refractivity (Wildman–Crippen MR) is 82.1 cm³/mol. The van der Waals surface area contributed by atoms with Gasteiger partial charge in [-0.2, -0.15) is 0 Å². The van der Waals surface area contributed by atoms with E-state index in [1.54, 1.807) is 24.7 Å². The molecule has 0 unspecified atom stereocenters. The van der Waals surface area contributed by atoms with Crippen LogP contribution in [-0.2, 0) is 11.2 Å². The van der Waals surface area contributed by atoms with E-state index >= 15 is 0 Å². The summed E-state index contributed by atoms with van der Waals surface area (Å²) in [4.78, 5) is 23.0. The van der Waals surface area contributed by atoms with Crippen LogP contribution in [0.1, 0.15) is 12.1 Å². The van der Waals surface area contributed by atoms with Crippen LogP contribution in [0.5, 0.6) is 0 Å². The van der Waals surface area contributed by atoms with Crippen LogP contribution < -0.4 is 4.90 Å². The number of nitrogens with one attached hydrogen (secondary N) is 1. The third kappa shape index (κ3) is 3.27. The number of carbonyl (C=O) groups excluding carboxylic acids is 1. The summed E-state index contributed by atoms with van der Waals surface area (Å²) in [7, 11) is 0. The Hall–Kier alpha value is -2.37. The summed E-state index contributed by atoms with van der Waals surface area (Å²) in [6, 6.07) is 6.77. The van der Waals surface area contributed by atoms with Gasteiger partial charge in [-0.15, -0.1) is 0 Å². The lowest BCUT2D eigenvalue weighted by Crippen LogP contribution is -2.49. The minimum Gasteiger partial charge on any atom is -0.366 e. The van der Waals surface area contributed by atoms with Crippen LogP contribution in [0.15, 0.2) is 36.8 Å². The molecule has 1 amide bonds. The second-order valence-electron chi connectivity index (χ2n) is 5.40. The van der Waals surface area contributed by atoms with Crippen molar-refractivity contribution in [1.29, 1.82) is 0 Å². The number of nitrogens with zero attached hydrogens (tertiary/aromatic N) is 3. The largest absolute Gasteiger partial charge is 0.366 e. The van der Waals surface area contributed by atoms with Crippen molar-refractivity contribution < 1.29 is 9.18 Å². The minimum absolute atomic E-state index is 0.141. The molecule has 1 fully saturated rings. The molecular weight excluding hydrogens is 283 g/mol. The number of carbonyl (C=O) groups is 1. The van der Waals surface area contributed by atoms with E-state index in [9.17, 15) is 9.18 Å². The van der Waals surface area contributed by atoms with Crippen molar-refractivity contribution in [3.05, 3.63) is 48.3 Å². The standard InChI is InChI=1S/C16H19FN4O/c17-14-3-1-2-4-15(14)20-7-9-21(10-8-20)16(22)6-5-13-11-18-12-19-13/h1-4,11-12H,5-10H2,(H,18,19). The highest BCUT2D eigenvalue weighted by Crippen LogP contribution is 2.20. The third-order valence-corrected chi connectivity index (χ3v) is 3.99. The average Bonchev–Trinajstić information content (AvgIpc) is 3.07. The fourth-order valence-electron chi connectivity index (χ4n) is 2.73. The number of piperazine rings is 1. The van der Waals surface area contributed by atoms with Gasteiger partial charge < -0.3 is 14.8 Å². The number of imidazole rings is 1. The number of halogens is 1. The Balaban J connectivity index is 1.51. The highest BCUT2D eigenvalue weighted by atomic mass is 19.1. The van der Waals surface area contributed by atoms with E-state index < -0.39 is 0 Å². The van der Waals surface area contributed by atoms with Gasteiger partial charge >= 0.3 is 0 Å². The second-order valence-corrected chi connectivity index (χ2v) is 5.40. The van der Waals surface area contributed by atoms with Crippen LogP contribution in [0.4, 0.5) is 10.1 Å². The second kappa shape index (κ2) is 6.60. The fourth-order valence-corrected chi connectivity index (χ4v) is 2.73. The zero-order valence-corrected chi connectivity index (χ0v) is 12.3. The number of rotatable bonds is 4. The van der Waals surface area contributed by atoms with Crippen molar-refractivity contribution in [2.45, 2.75) is 12.8 Å². The van der Waals surface area contributed by atoms with E-state index in [0.29, 0.717) is 44.7 Å². The molecule has 2 aromatic rings. The van der Waals surface area contributed by atoms with E-state index in [1.165, 1.54) is 6.07 Å². The maximum atomic E-state index is 13.8. The molecule has 0 radical (unpaired) electrons. The Labute approximate surface area is 128 Å². The van der Waals surface area contributed by atoms with E-state index in [4.69, 9.17) is 0 Å². The van der Waals surface area contributed by atoms with Crippen LogP contribution in [-0.4, -0.2) is 47.0 Å². The fraction of sp³-hybridized carbons (Fsp3) is 0.375. The normalized spacial score (nSPS) is 15.1. The summed E-state index contributed by atoms with van der Waals surface area (Å²) < 4.78 is 13.8. The summed E-state index contributed by atoms with van der Waals surface area (Å²) in [5.74, 6) is -0.0655. The molecule has 1 aromatic carbocycles. The summed E-state index contributed by atoms with van der Waals surface area (Å²) in [6.07, 6.45) is 4.50. The zero-order chi connectivity index (χ0) is 15.4. The minimum atomic E-state index is -0.207. The maximum absolute atomic E-state index is 13.8. The number of H-pyrrole nitrogens is 1. The molecule has 3 rings (SSSR count). The molecule has 1 aliphatic rings. The quantitative estimate of drug-likeness (QED) is 0.937. The molecule has 2 heterocycles. The zero-order valence-electron chi connectivity index (χ0n) is 12.3. The van der Waals surface area contributed by atoms with Crippen molar-refractivity contribution in [1.82, 2.24) is 14.9 Å². The number of aryl methyl sites for hydroxylation is 1. The average molecular weight is 302 g/mol. The Bertz CT molecular complexity index is 621. The first kappa shape index (κ1) is 14.6. The molecular formula is C16H19FN4O. The smallest absolute Gasteiger partial charge is 0.223 e. The lowest BCUT2D eigenvalue weighted by molar-refractivity contribution is -0.131. The van der Waals surface area contributed by atoms with Gasteiger partial charge in [-0.1, -0.05) is 12.1 Å². The molecule has 1 aromatic heterocycles. The first-order valence-electron chi connectivity index (χ1n) is 7.48. The lowest BCUT2D eigenvalue weighted by Gasteiger charge is -2.36. The van der Waals surface area contributed by atoms with Crippen molar-refractivity contribution in [3.63, 3.8) is 0 Å². The predicted octanol–water partition coefficient (Wildman–Crippen LogP) is 1.83. The van der Waals surface area contributed by atoms with Gasteiger partial charge in [-0.05, 0) is 18.6 Å². The van der Waals surface area contributed by atoms with Gasteiger partial charge in [0.1, 0.15) is 5.82 Å². The molecule has 1 N–H and O–H groups in total. The summed E-state index contributed by atoms with van der Waals surface area (Å²) in [6.45, 7) is 2.60. The van der Waals surface area contributed by atoms with Gasteiger partial charge in [0.15, 0.2) is 0 Å². The third-order valence-electron chi connectivity index (χ3n) is 3.99. The van der Waals surface area contributed by atoms with Crippen LogP contribution in [0.3, 0.4) is 0 Å². The molecule has 0 aliphatic carbocycles. The van der Waals surface area contributed by atoms with Gasteiger partial charge in [0.2, 0.25) is 5.91 Å². The van der Waals surface area contributed by atoms with Crippen LogP contribution in [0.25, 0.3) is 0 Å². The first-order chi connectivity index (χ1) is 10.7. The molecule has 1 saturated heterocycles. The molecule has 0 atom stereocenters. The van der Waals surface area contributed by atoms with E-state index in [2.05, 4.69) is 9.97 Å². The first-order valence-corrected chi connectivity index (χ1v) is 7.48. The summed E-state index contributed by atoms with van der Waals surface area (Å²) >= 11 is 0. The van der Waals surface area contributed by atoms with Crippen molar-refractivity contribution in [2.24, 2.45) is 0 Å². The molecule has 5 nitrogen and oxygen atoms in total. The highest BCUT2D eigenvalue weighted by Gasteiger charge is 2.22. The number of amides is 1. The van der Waals surface area contributed by atoms with Crippen molar-refractivity contribution in [3.8, 4) is 0 Å². The molecule has 0 bridgehead atoms. The van der Waals surface area contributed by atoms with Crippen LogP contribution >= 0.6 is 0 Å². The Kier molecular flexibility index (Phi) is 4.37. The van der Waals surface area contributed by atoms with Crippen molar-refractivity contribution in [2.75, 3.05) is 31.1 Å². The Morgan fingerprint density at radius 3 is 2.68 bits per heavy atom. The number of aromatic nitrogens is 2. The van der Waals surface area contributed by atoms with Gasteiger partial charge in [0, 0.05) is 44.5 Å². The molecule has 1 aliphatic heterocycles. The lowest BCUT2D eigenvalue weighted by atomic mass is 10.2. The number of hydrogen-bond donors (Lipinski definition) is 1. The molecule has 22 heavy (non-hydrogen) atoms. The van der Waals surface area contributed by atoms with Crippen LogP contribution in [0.2, 0.25) is 0 Å². The summed E-state index contributed by atoms with van der Waals surface area (Å²) in [5, 5.41) is 0. The highest BCUT2D eigenvalue weighted by molar-refractivity contribution is 5.76. The number of benzene rings is 1. The number of aromatic amines is 1.